The maximum absolute atomic E-state index is 6.39. The van der Waals surface area contributed by atoms with Gasteiger partial charge in [-0.3, -0.25) is 18.3 Å². The van der Waals surface area contributed by atoms with E-state index >= 15 is 0 Å². The fourth-order valence-electron chi connectivity index (χ4n) is 23.1. The zero-order chi connectivity index (χ0) is 94.4. The first-order chi connectivity index (χ1) is 71.2. The van der Waals surface area contributed by atoms with Crippen LogP contribution in [0.3, 0.4) is 0 Å². The summed E-state index contributed by atoms with van der Waals surface area (Å²) in [5.74, 6) is 2.76. The summed E-state index contributed by atoms with van der Waals surface area (Å²) in [5, 5.41) is 19.2. The van der Waals surface area contributed by atoms with Crippen LogP contribution in [0.5, 0.6) is 0 Å². The quantitative estimate of drug-likeness (QED) is 0.162. The molecule has 0 fully saturated rings. The lowest BCUT2D eigenvalue weighted by atomic mass is 9.82. The van der Waals surface area contributed by atoms with Gasteiger partial charge in [0.15, 0.2) is 0 Å². The van der Waals surface area contributed by atoms with Crippen LogP contribution in [-0.2, 0) is 5.41 Å². The van der Waals surface area contributed by atoms with Gasteiger partial charge >= 0.3 is 0 Å². The first-order valence-corrected chi connectivity index (χ1v) is 52.2. The van der Waals surface area contributed by atoms with E-state index in [4.69, 9.17) is 44.3 Å². The summed E-state index contributed by atoms with van der Waals surface area (Å²) in [5.41, 5.74) is 27.4. The van der Waals surface area contributed by atoms with Crippen LogP contribution in [0, 0.1) is 0 Å². The van der Waals surface area contributed by atoms with Gasteiger partial charge in [0.25, 0.3) is 0 Å². The Bertz CT molecular complexity index is 10400. The van der Waals surface area contributed by atoms with E-state index in [1.54, 1.807) is 47.0 Å². The fourth-order valence-corrected chi connectivity index (χ4v) is 28.7. The van der Waals surface area contributed by atoms with E-state index in [9.17, 15) is 0 Å². The monoisotopic (exact) mass is 1930 g/mol. The first kappa shape index (κ1) is 81.8. The zero-order valence-corrected chi connectivity index (χ0v) is 81.0. The number of hydrogen-bond donors (Lipinski definition) is 0. The largest absolute Gasteiger partial charge is 0.439 e. The lowest BCUT2D eigenvalue weighted by Crippen LogP contribution is -2.14. The van der Waals surface area contributed by atoms with E-state index in [0.717, 1.165) is 138 Å². The molecule has 674 valence electrons. The number of benzene rings is 18. The Hall–Kier alpha value is -17.0. The molecule has 0 bridgehead atoms. The molecular weight excluding hydrogens is 1860 g/mol. The van der Waals surface area contributed by atoms with Crippen LogP contribution >= 0.6 is 58.4 Å². The van der Waals surface area contributed by atoms with Crippen molar-refractivity contribution in [2.24, 2.45) is 0 Å². The van der Waals surface area contributed by atoms with Crippen molar-refractivity contribution in [3.63, 3.8) is 0 Å². The molecule has 144 heavy (non-hydrogen) atoms. The number of rotatable bonds is 5. The second-order valence-electron chi connectivity index (χ2n) is 37.4. The third kappa shape index (κ3) is 12.0. The molecule has 0 N–H and O–H groups in total. The topological polar surface area (TPSA) is 141 Å². The summed E-state index contributed by atoms with van der Waals surface area (Å²) < 4.78 is 18.9. The van der Waals surface area contributed by atoms with Crippen LogP contribution in [-0.4, -0.2) is 62.7 Å². The van der Waals surface area contributed by atoms with Crippen LogP contribution in [0.4, 0.5) is 0 Å². The van der Waals surface area contributed by atoms with Crippen molar-refractivity contribution >= 4 is 221 Å². The molecule has 4 aliphatic heterocycles. The number of nitrogens with zero attached hydrogens (tertiary/aromatic N) is 13. The molecule has 14 nitrogen and oxygen atoms in total. The standard InChI is InChI=1S/C35H23N3S.C34H20N4S.C28H15N3OS.C28H15N3S2/c1-35(2)25-14-5-3-12-23(25)31-26(35)18-17-22-21-11-4-6-15-27(21)38(33(22)31)34-36-19-29-32(37-34)24-13-7-9-20-10-8-16-28(39-29)30(20)24;1-2-11-21(12-3-1)37-26-17-7-4-13-22(26)30-23-14-5-8-18-27(23)38(33(30)37)34-35-25-16-10-20-29-31(25)32(36-34)24-15-6-9-19-28(24)39-29;1-4-12-20-16(8-1)24-17-9-2-5-13-21(17)32-27(24)31(20)28-29-19-11-7-15-23-25(19)26(30-28)18-10-3-6-14-22(18)33-23;1-4-12-20-16(8-1)24-17-9-2-5-13-21(17)33-27(24)31(20)28-29-19-11-7-15-23-25(19)26(30-28)18-10-3-6-14-22(18)32-23/h3-19H,1-2H3;1-20H;2*1-15H. The minimum atomic E-state index is -0.0753. The summed E-state index contributed by atoms with van der Waals surface area (Å²) in [6.45, 7) is 4.67. The van der Waals surface area contributed by atoms with E-state index in [0.29, 0.717) is 17.8 Å². The Balaban J connectivity index is 0.0000000879. The Kier molecular flexibility index (Phi) is 17.9. The highest BCUT2D eigenvalue weighted by molar-refractivity contribution is 8.00. The van der Waals surface area contributed by atoms with Gasteiger partial charge in [-0.15, -0.1) is 11.3 Å². The molecule has 1 aliphatic carbocycles. The molecule has 18 aromatic carbocycles. The average Bonchev–Trinajstić information content (AvgIpc) is 1.53. The van der Waals surface area contributed by atoms with Gasteiger partial charge in [-0.1, -0.05) is 346 Å². The predicted molar refractivity (Wildman–Crippen MR) is 593 cm³/mol. The smallest absolute Gasteiger partial charge is 0.238 e. The average molecular weight is 1930 g/mol. The van der Waals surface area contributed by atoms with E-state index in [1.165, 1.54) is 142 Å². The highest BCUT2D eigenvalue weighted by Gasteiger charge is 2.39. The minimum absolute atomic E-state index is 0.0753. The molecule has 19 heteroatoms. The Morgan fingerprint density at radius 1 is 0.257 bits per heavy atom. The van der Waals surface area contributed by atoms with Crippen LogP contribution in [0.15, 0.2) is 450 Å². The summed E-state index contributed by atoms with van der Waals surface area (Å²) in [7, 11) is 0. The van der Waals surface area contributed by atoms with Crippen molar-refractivity contribution in [3.8, 4) is 85.6 Å². The van der Waals surface area contributed by atoms with Crippen LogP contribution in [0.2, 0.25) is 0 Å². The third-order valence-corrected chi connectivity index (χ3v) is 34.9. The lowest BCUT2D eigenvalue weighted by molar-refractivity contribution is 0.642. The second-order valence-corrected chi connectivity index (χ2v) is 42.8. The predicted octanol–water partition coefficient (Wildman–Crippen LogP) is 33.6. The Morgan fingerprint density at radius 3 is 1.28 bits per heavy atom. The van der Waals surface area contributed by atoms with Gasteiger partial charge in [0, 0.05) is 159 Å². The molecule has 0 amide bonds. The van der Waals surface area contributed by atoms with Gasteiger partial charge in [-0.25, -0.2) is 44.4 Å². The second kappa shape index (κ2) is 31.5. The van der Waals surface area contributed by atoms with E-state index < -0.39 is 0 Å². The number of fused-ring (bicyclic) bond motifs is 30. The molecule has 34 rings (SSSR count). The number of thiophene rings is 1. The lowest BCUT2D eigenvalue weighted by Gasteiger charge is -2.21. The zero-order valence-electron chi connectivity index (χ0n) is 76.9. The number of aromatic nitrogens is 13. The normalized spacial score (nSPS) is 13.2. The molecule has 29 aromatic rings. The molecule has 0 saturated carbocycles. The maximum atomic E-state index is 6.39. The van der Waals surface area contributed by atoms with Gasteiger partial charge in [0.1, 0.15) is 16.1 Å². The molecule has 0 radical (unpaired) electrons. The van der Waals surface area contributed by atoms with Gasteiger partial charge in [-0.05, 0) is 137 Å². The molecule has 0 saturated heterocycles. The summed E-state index contributed by atoms with van der Waals surface area (Å²) in [6.07, 6.45) is 2.01. The maximum Gasteiger partial charge on any atom is 0.238 e. The highest BCUT2D eigenvalue weighted by Crippen LogP contribution is 2.57. The fraction of sp³-hybridized carbons (Fsp3) is 0.0240. The van der Waals surface area contributed by atoms with Crippen molar-refractivity contribution in [1.29, 1.82) is 0 Å². The summed E-state index contributed by atoms with van der Waals surface area (Å²) >= 11 is 8.95. The molecular formula is C125H73N13OS5. The molecule has 15 heterocycles. The molecule has 0 unspecified atom stereocenters. The van der Waals surface area contributed by atoms with Crippen molar-refractivity contribution < 1.29 is 4.42 Å². The molecule has 5 aliphatic rings. The van der Waals surface area contributed by atoms with Crippen LogP contribution in [0.1, 0.15) is 25.0 Å². The van der Waals surface area contributed by atoms with E-state index in [-0.39, 0.29) is 5.41 Å². The first-order valence-electron chi connectivity index (χ1n) is 48.1. The summed E-state index contributed by atoms with van der Waals surface area (Å²) in [6, 6.07) is 141. The van der Waals surface area contributed by atoms with Crippen molar-refractivity contribution in [3.05, 3.63) is 418 Å². The summed E-state index contributed by atoms with van der Waals surface area (Å²) in [4.78, 5) is 52.3. The third-order valence-electron chi connectivity index (χ3n) is 29.2. The van der Waals surface area contributed by atoms with Gasteiger partial charge in [0.2, 0.25) is 29.5 Å². The van der Waals surface area contributed by atoms with Gasteiger partial charge in [-0.2, -0.15) is 0 Å². The number of hydrogen-bond acceptors (Lipinski definition) is 14. The van der Waals surface area contributed by atoms with Crippen molar-refractivity contribution in [2.45, 2.75) is 58.4 Å². The molecule has 0 atom stereocenters. The van der Waals surface area contributed by atoms with Crippen molar-refractivity contribution in [2.75, 3.05) is 0 Å². The van der Waals surface area contributed by atoms with E-state index in [1.807, 2.05) is 29.7 Å². The SMILES string of the molecule is CC1(C)c2ccccc2-c2c1ccc1c3ccccc3n(-c3ncc4c(n3)-c3cccc5cccc(c35)S4)c21.c1ccc(-n2c3ccccc3c3c4ccccc4n(-c4nc5c6c(cccc6n4)Sc4ccccc4-5)c32)cc1.c1ccc2c(c1)Sc1cccc3nc(-n4c5ccccc5c5c6ccccc6oc54)nc-2c13.c1ccc2c(c1)Sc1cccc3nc(-n4c5ccccc5c5c6ccccc6sc54)nc-2c13. The molecule has 11 aromatic heterocycles. The van der Waals surface area contributed by atoms with Crippen LogP contribution in [0.25, 0.3) is 248 Å². The van der Waals surface area contributed by atoms with Crippen LogP contribution < -0.4 is 0 Å². The number of para-hydroxylation sites is 7. The van der Waals surface area contributed by atoms with Crippen molar-refractivity contribution in [1.82, 2.24) is 62.7 Å². The Morgan fingerprint density at radius 2 is 0.681 bits per heavy atom. The van der Waals surface area contributed by atoms with E-state index in [2.05, 4.69) is 425 Å². The minimum Gasteiger partial charge on any atom is -0.439 e. The van der Waals surface area contributed by atoms with Gasteiger partial charge < -0.3 is 4.42 Å². The molecule has 0 spiro atoms. The van der Waals surface area contributed by atoms with Gasteiger partial charge in [0.05, 0.1) is 82.7 Å². The number of furan rings is 1. The highest BCUT2D eigenvalue weighted by atomic mass is 32.2. The Labute approximate surface area is 842 Å².